The Hall–Kier alpha value is -2.05. The number of amides is 2. The van der Waals surface area contributed by atoms with Crippen LogP contribution in [0.2, 0.25) is 10.0 Å². The van der Waals surface area contributed by atoms with Crippen molar-refractivity contribution in [3.8, 4) is 0 Å². The van der Waals surface area contributed by atoms with Crippen LogP contribution in [0.5, 0.6) is 0 Å². The van der Waals surface area contributed by atoms with Gasteiger partial charge in [0, 0.05) is 24.8 Å². The van der Waals surface area contributed by atoms with Crippen molar-refractivity contribution in [1.29, 1.82) is 0 Å². The summed E-state index contributed by atoms with van der Waals surface area (Å²) in [6, 6.07) is 5.99. The van der Waals surface area contributed by atoms with E-state index in [4.69, 9.17) is 23.2 Å². The van der Waals surface area contributed by atoms with Crippen molar-refractivity contribution in [3.63, 3.8) is 0 Å². The minimum Gasteiger partial charge on any atom is -0.325 e. The van der Waals surface area contributed by atoms with Crippen LogP contribution in [0.4, 0.5) is 5.69 Å². The summed E-state index contributed by atoms with van der Waals surface area (Å²) in [5.41, 5.74) is 0.943. The third-order valence-electron chi connectivity index (χ3n) is 4.30. The Morgan fingerprint density at radius 3 is 2.72 bits per heavy atom. The van der Waals surface area contributed by atoms with Gasteiger partial charge in [-0.1, -0.05) is 23.2 Å². The average Bonchev–Trinajstić information content (AvgIpc) is 3.02. The summed E-state index contributed by atoms with van der Waals surface area (Å²) in [6.07, 6.45) is 3.94. The highest BCUT2D eigenvalue weighted by atomic mass is 35.5. The number of nitrogens with one attached hydrogen (secondary N) is 1. The predicted octanol–water partition coefficient (Wildman–Crippen LogP) is 3.36. The summed E-state index contributed by atoms with van der Waals surface area (Å²) in [6.45, 7) is 0.538. The molecule has 2 amide bonds. The first-order valence-electron chi connectivity index (χ1n) is 8.02. The molecule has 2 aromatic rings. The molecule has 1 aliphatic heterocycles. The summed E-state index contributed by atoms with van der Waals surface area (Å²) in [5, 5.41) is 7.69. The van der Waals surface area contributed by atoms with Gasteiger partial charge in [0.15, 0.2) is 0 Å². The van der Waals surface area contributed by atoms with E-state index < -0.39 is 6.04 Å². The first-order valence-corrected chi connectivity index (χ1v) is 8.78. The van der Waals surface area contributed by atoms with Crippen LogP contribution >= 0.6 is 23.2 Å². The maximum atomic E-state index is 12.8. The van der Waals surface area contributed by atoms with Crippen LogP contribution in [0.3, 0.4) is 0 Å². The third kappa shape index (κ3) is 3.80. The minimum absolute atomic E-state index is 0.193. The number of carbonyl (C=O) groups excluding carboxylic acids is 2. The Labute approximate surface area is 155 Å². The Kier molecular flexibility index (Phi) is 5.30. The molecule has 0 spiro atoms. The lowest BCUT2D eigenvalue weighted by molar-refractivity contribution is -0.121. The van der Waals surface area contributed by atoms with E-state index in [-0.39, 0.29) is 11.8 Å². The molecule has 2 heterocycles. The summed E-state index contributed by atoms with van der Waals surface area (Å²) in [4.78, 5) is 27.2. The molecule has 1 atom stereocenters. The zero-order chi connectivity index (χ0) is 18.0. The molecule has 0 unspecified atom stereocenters. The molecule has 0 saturated carbocycles. The van der Waals surface area contributed by atoms with Gasteiger partial charge in [0.1, 0.15) is 11.7 Å². The number of carbonyl (C=O) groups is 2. The van der Waals surface area contributed by atoms with Crippen molar-refractivity contribution in [2.75, 3.05) is 11.9 Å². The predicted molar refractivity (Wildman–Crippen MR) is 97.0 cm³/mol. The van der Waals surface area contributed by atoms with Crippen LogP contribution in [0, 0.1) is 0 Å². The van der Waals surface area contributed by atoms with Gasteiger partial charge < -0.3 is 10.2 Å². The van der Waals surface area contributed by atoms with Gasteiger partial charge in [-0.2, -0.15) is 5.10 Å². The van der Waals surface area contributed by atoms with E-state index in [1.54, 1.807) is 42.4 Å². The van der Waals surface area contributed by atoms with Crippen LogP contribution in [-0.2, 0) is 11.8 Å². The molecular weight excluding hydrogens is 363 g/mol. The second-order valence-electron chi connectivity index (χ2n) is 5.96. The quantitative estimate of drug-likeness (QED) is 0.887. The van der Waals surface area contributed by atoms with Crippen molar-refractivity contribution in [3.05, 3.63) is 46.2 Å². The normalized spacial score (nSPS) is 17.4. The molecule has 0 bridgehead atoms. The van der Waals surface area contributed by atoms with E-state index in [0.717, 1.165) is 12.8 Å². The van der Waals surface area contributed by atoms with Gasteiger partial charge in [0.05, 0.1) is 10.7 Å². The lowest BCUT2D eigenvalue weighted by Gasteiger charge is -2.34. The number of anilines is 1. The van der Waals surface area contributed by atoms with Gasteiger partial charge in [0.25, 0.3) is 5.91 Å². The zero-order valence-corrected chi connectivity index (χ0v) is 15.2. The number of likely N-dealkylation sites (tertiary alicyclic amines) is 1. The third-order valence-corrected chi connectivity index (χ3v) is 4.84. The maximum Gasteiger partial charge on any atom is 0.272 e. The van der Waals surface area contributed by atoms with E-state index in [0.29, 0.717) is 34.4 Å². The lowest BCUT2D eigenvalue weighted by atomic mass is 10.0. The molecular formula is C17H18Cl2N4O2. The van der Waals surface area contributed by atoms with Gasteiger partial charge in [-0.25, -0.2) is 0 Å². The molecule has 0 aliphatic carbocycles. The molecule has 8 heteroatoms. The van der Waals surface area contributed by atoms with Gasteiger partial charge in [-0.05, 0) is 43.5 Å². The Morgan fingerprint density at radius 2 is 2.04 bits per heavy atom. The highest BCUT2D eigenvalue weighted by Crippen LogP contribution is 2.27. The standard InChI is InChI=1S/C17H18Cl2N4O2/c1-22-15(7-8-20-22)17(25)23-9-3-2-4-14(23)16(24)21-13-6-5-11(18)10-12(13)19/h5-8,10,14H,2-4,9H2,1H3,(H,21,24)/t14-/m0/s1. The molecule has 132 valence electrons. The fraction of sp³-hybridized carbons (Fsp3) is 0.353. The SMILES string of the molecule is Cn1nccc1C(=O)N1CCCC[C@H]1C(=O)Nc1ccc(Cl)cc1Cl. The van der Waals surface area contributed by atoms with Crippen LogP contribution < -0.4 is 5.32 Å². The number of hydrogen-bond donors (Lipinski definition) is 1. The van der Waals surface area contributed by atoms with E-state index in [1.165, 1.54) is 4.68 Å². The minimum atomic E-state index is -0.539. The maximum absolute atomic E-state index is 12.8. The number of aromatic nitrogens is 2. The van der Waals surface area contributed by atoms with Crippen molar-refractivity contribution in [2.45, 2.75) is 25.3 Å². The van der Waals surface area contributed by atoms with E-state index in [9.17, 15) is 9.59 Å². The van der Waals surface area contributed by atoms with Crippen LogP contribution in [0.25, 0.3) is 0 Å². The van der Waals surface area contributed by atoms with Gasteiger partial charge in [0.2, 0.25) is 5.91 Å². The molecule has 3 rings (SSSR count). The molecule has 1 aromatic heterocycles. The van der Waals surface area contributed by atoms with Gasteiger partial charge >= 0.3 is 0 Å². The molecule has 1 aromatic carbocycles. The summed E-state index contributed by atoms with van der Waals surface area (Å²) in [7, 11) is 1.71. The molecule has 1 saturated heterocycles. The van der Waals surface area contributed by atoms with Crippen LogP contribution in [0.1, 0.15) is 29.8 Å². The fourth-order valence-electron chi connectivity index (χ4n) is 2.98. The smallest absolute Gasteiger partial charge is 0.272 e. The van der Waals surface area contributed by atoms with Gasteiger partial charge in [-0.15, -0.1) is 0 Å². The second-order valence-corrected chi connectivity index (χ2v) is 6.81. The highest BCUT2D eigenvalue weighted by molar-refractivity contribution is 6.36. The number of halogens is 2. The second kappa shape index (κ2) is 7.45. The highest BCUT2D eigenvalue weighted by Gasteiger charge is 2.33. The van der Waals surface area contributed by atoms with Crippen molar-refractivity contribution >= 4 is 40.7 Å². The van der Waals surface area contributed by atoms with E-state index in [1.807, 2.05) is 0 Å². The number of nitrogens with zero attached hydrogens (tertiary/aromatic N) is 3. The number of piperidine rings is 1. The average molecular weight is 381 g/mol. The first-order chi connectivity index (χ1) is 12.0. The van der Waals surface area contributed by atoms with Crippen molar-refractivity contribution in [2.24, 2.45) is 7.05 Å². The van der Waals surface area contributed by atoms with Crippen molar-refractivity contribution < 1.29 is 9.59 Å². The number of rotatable bonds is 3. The van der Waals surface area contributed by atoms with E-state index in [2.05, 4.69) is 10.4 Å². The molecule has 6 nitrogen and oxygen atoms in total. The first kappa shape index (κ1) is 17.8. The molecule has 1 fully saturated rings. The largest absolute Gasteiger partial charge is 0.325 e. The fourth-order valence-corrected chi connectivity index (χ4v) is 3.44. The summed E-state index contributed by atoms with van der Waals surface area (Å²) >= 11 is 12.0. The number of hydrogen-bond acceptors (Lipinski definition) is 3. The molecule has 25 heavy (non-hydrogen) atoms. The summed E-state index contributed by atoms with van der Waals surface area (Å²) in [5.74, 6) is -0.443. The molecule has 1 N–H and O–H groups in total. The monoisotopic (exact) mass is 380 g/mol. The van der Waals surface area contributed by atoms with Gasteiger partial charge in [-0.3, -0.25) is 14.3 Å². The zero-order valence-electron chi connectivity index (χ0n) is 13.7. The molecule has 1 aliphatic rings. The van der Waals surface area contributed by atoms with Crippen molar-refractivity contribution in [1.82, 2.24) is 14.7 Å². The molecule has 0 radical (unpaired) electrons. The number of aryl methyl sites for hydroxylation is 1. The Balaban J connectivity index is 1.79. The lowest BCUT2D eigenvalue weighted by Crippen LogP contribution is -2.50. The Bertz CT molecular complexity index is 806. The topological polar surface area (TPSA) is 67.2 Å². The Morgan fingerprint density at radius 1 is 1.24 bits per heavy atom. The van der Waals surface area contributed by atoms with E-state index >= 15 is 0 Å². The van der Waals surface area contributed by atoms with Crippen LogP contribution in [-0.4, -0.2) is 39.1 Å². The number of benzene rings is 1. The summed E-state index contributed by atoms with van der Waals surface area (Å²) < 4.78 is 1.52. The van der Waals surface area contributed by atoms with Crippen LogP contribution in [0.15, 0.2) is 30.5 Å².